The van der Waals surface area contributed by atoms with Crippen LogP contribution in [-0.4, -0.2) is 43.8 Å². The molecule has 1 saturated heterocycles. The normalized spacial score (nSPS) is 22.4. The zero-order valence-electron chi connectivity index (χ0n) is 12.8. The lowest BCUT2D eigenvalue weighted by Crippen LogP contribution is -2.33. The number of rotatable bonds is 6. The Labute approximate surface area is 123 Å². The Kier molecular flexibility index (Phi) is 6.51. The molecule has 1 heterocycles. The SMILES string of the molecule is CCNC(CCN1CCCOC(C)C1)c1ccccc1. The van der Waals surface area contributed by atoms with Crippen LogP contribution in [0.2, 0.25) is 0 Å². The first-order chi connectivity index (χ1) is 9.79. The van der Waals surface area contributed by atoms with E-state index in [-0.39, 0.29) is 0 Å². The molecule has 1 N–H and O–H groups in total. The van der Waals surface area contributed by atoms with Gasteiger partial charge in [-0.3, -0.25) is 0 Å². The summed E-state index contributed by atoms with van der Waals surface area (Å²) in [5, 5.41) is 3.61. The maximum atomic E-state index is 5.71. The monoisotopic (exact) mass is 276 g/mol. The minimum Gasteiger partial charge on any atom is -0.377 e. The molecular weight excluding hydrogens is 248 g/mol. The summed E-state index contributed by atoms with van der Waals surface area (Å²) in [5.74, 6) is 0. The molecule has 1 aromatic carbocycles. The minimum absolute atomic E-state index is 0.367. The molecule has 3 nitrogen and oxygen atoms in total. The molecule has 1 aliphatic rings. The quantitative estimate of drug-likeness (QED) is 0.864. The summed E-state index contributed by atoms with van der Waals surface area (Å²) < 4.78 is 5.71. The fraction of sp³-hybridized carbons (Fsp3) is 0.647. The fourth-order valence-corrected chi connectivity index (χ4v) is 2.91. The Bertz CT molecular complexity index is 369. The third-order valence-corrected chi connectivity index (χ3v) is 3.92. The lowest BCUT2D eigenvalue weighted by molar-refractivity contribution is 0.0672. The molecule has 0 aromatic heterocycles. The number of hydrogen-bond donors (Lipinski definition) is 1. The van der Waals surface area contributed by atoms with Crippen LogP contribution in [-0.2, 0) is 4.74 Å². The topological polar surface area (TPSA) is 24.5 Å². The molecule has 2 unspecified atom stereocenters. The third kappa shape index (κ3) is 4.89. The second kappa shape index (κ2) is 8.40. The molecule has 3 heteroatoms. The van der Waals surface area contributed by atoms with Crippen molar-refractivity contribution in [3.8, 4) is 0 Å². The van der Waals surface area contributed by atoms with Crippen LogP contribution in [0.3, 0.4) is 0 Å². The van der Waals surface area contributed by atoms with Crippen LogP contribution in [0.25, 0.3) is 0 Å². The summed E-state index contributed by atoms with van der Waals surface area (Å²) in [6.07, 6.45) is 2.68. The standard InChI is InChI=1S/C17H28N2O/c1-3-18-17(16-8-5-4-6-9-16)10-12-19-11-7-13-20-15(2)14-19/h4-6,8-9,15,17-18H,3,7,10-14H2,1-2H3. The van der Waals surface area contributed by atoms with Crippen molar-refractivity contribution in [1.82, 2.24) is 10.2 Å². The molecule has 0 bridgehead atoms. The Morgan fingerprint density at radius 3 is 2.90 bits per heavy atom. The molecular formula is C17H28N2O. The van der Waals surface area contributed by atoms with Gasteiger partial charge >= 0.3 is 0 Å². The Morgan fingerprint density at radius 1 is 1.35 bits per heavy atom. The predicted octanol–water partition coefficient (Wildman–Crippen LogP) is 2.84. The summed E-state index contributed by atoms with van der Waals surface area (Å²) in [4.78, 5) is 2.55. The zero-order valence-corrected chi connectivity index (χ0v) is 12.8. The number of nitrogens with zero attached hydrogens (tertiary/aromatic N) is 1. The number of ether oxygens (including phenoxy) is 1. The molecule has 0 aliphatic carbocycles. The molecule has 2 rings (SSSR count). The smallest absolute Gasteiger partial charge is 0.0673 e. The number of hydrogen-bond acceptors (Lipinski definition) is 3. The van der Waals surface area contributed by atoms with Crippen LogP contribution in [0.5, 0.6) is 0 Å². The molecule has 0 saturated carbocycles. The van der Waals surface area contributed by atoms with Gasteiger partial charge in [0.1, 0.15) is 0 Å². The van der Waals surface area contributed by atoms with Gasteiger partial charge in [-0.05, 0) is 31.9 Å². The summed E-state index contributed by atoms with van der Waals surface area (Å²) in [7, 11) is 0. The highest BCUT2D eigenvalue weighted by Crippen LogP contribution is 2.17. The summed E-state index contributed by atoms with van der Waals surface area (Å²) in [6.45, 7) is 9.65. The van der Waals surface area contributed by atoms with Gasteiger partial charge < -0.3 is 15.0 Å². The first kappa shape index (κ1) is 15.5. The van der Waals surface area contributed by atoms with Crippen molar-refractivity contribution >= 4 is 0 Å². The second-order valence-electron chi connectivity index (χ2n) is 5.65. The molecule has 112 valence electrons. The maximum absolute atomic E-state index is 5.71. The van der Waals surface area contributed by atoms with Crippen LogP contribution in [0.15, 0.2) is 30.3 Å². The van der Waals surface area contributed by atoms with Gasteiger partial charge in [0.15, 0.2) is 0 Å². The van der Waals surface area contributed by atoms with Crippen LogP contribution >= 0.6 is 0 Å². The maximum Gasteiger partial charge on any atom is 0.0673 e. The van der Waals surface area contributed by atoms with Crippen molar-refractivity contribution in [2.45, 2.75) is 38.8 Å². The van der Waals surface area contributed by atoms with E-state index >= 15 is 0 Å². The van der Waals surface area contributed by atoms with Gasteiger partial charge in [-0.1, -0.05) is 37.3 Å². The van der Waals surface area contributed by atoms with Crippen LogP contribution in [0, 0.1) is 0 Å². The van der Waals surface area contributed by atoms with E-state index in [1.54, 1.807) is 0 Å². The Hall–Kier alpha value is -0.900. The van der Waals surface area contributed by atoms with Crippen molar-refractivity contribution in [2.75, 3.05) is 32.8 Å². The van der Waals surface area contributed by atoms with E-state index in [9.17, 15) is 0 Å². The van der Waals surface area contributed by atoms with Gasteiger partial charge in [-0.15, -0.1) is 0 Å². The summed E-state index contributed by atoms with van der Waals surface area (Å²) in [5.41, 5.74) is 1.40. The molecule has 0 radical (unpaired) electrons. The highest BCUT2D eigenvalue weighted by molar-refractivity contribution is 5.18. The average molecular weight is 276 g/mol. The van der Waals surface area contributed by atoms with Gasteiger partial charge in [0, 0.05) is 32.3 Å². The fourth-order valence-electron chi connectivity index (χ4n) is 2.91. The van der Waals surface area contributed by atoms with Crippen molar-refractivity contribution in [1.29, 1.82) is 0 Å². The Morgan fingerprint density at radius 2 is 2.15 bits per heavy atom. The number of benzene rings is 1. The van der Waals surface area contributed by atoms with E-state index in [2.05, 4.69) is 54.4 Å². The van der Waals surface area contributed by atoms with Crippen molar-refractivity contribution in [2.24, 2.45) is 0 Å². The van der Waals surface area contributed by atoms with Crippen molar-refractivity contribution in [3.05, 3.63) is 35.9 Å². The van der Waals surface area contributed by atoms with Gasteiger partial charge in [-0.25, -0.2) is 0 Å². The van der Waals surface area contributed by atoms with E-state index in [0.717, 1.165) is 45.6 Å². The van der Waals surface area contributed by atoms with E-state index in [1.807, 2.05) is 0 Å². The van der Waals surface area contributed by atoms with Gasteiger partial charge in [0.2, 0.25) is 0 Å². The van der Waals surface area contributed by atoms with Gasteiger partial charge in [-0.2, -0.15) is 0 Å². The third-order valence-electron chi connectivity index (χ3n) is 3.92. The van der Waals surface area contributed by atoms with Crippen LogP contribution < -0.4 is 5.32 Å². The molecule has 20 heavy (non-hydrogen) atoms. The molecule has 2 atom stereocenters. The van der Waals surface area contributed by atoms with E-state index < -0.39 is 0 Å². The molecule has 1 fully saturated rings. The largest absolute Gasteiger partial charge is 0.377 e. The van der Waals surface area contributed by atoms with Gasteiger partial charge in [0.25, 0.3) is 0 Å². The van der Waals surface area contributed by atoms with Crippen molar-refractivity contribution in [3.63, 3.8) is 0 Å². The van der Waals surface area contributed by atoms with Crippen LogP contribution in [0.4, 0.5) is 0 Å². The molecule has 0 spiro atoms. The summed E-state index contributed by atoms with van der Waals surface area (Å²) in [6, 6.07) is 11.2. The van der Waals surface area contributed by atoms with Gasteiger partial charge in [0.05, 0.1) is 6.10 Å². The summed E-state index contributed by atoms with van der Waals surface area (Å²) >= 11 is 0. The highest BCUT2D eigenvalue weighted by Gasteiger charge is 2.17. The number of nitrogens with one attached hydrogen (secondary N) is 1. The minimum atomic E-state index is 0.367. The molecule has 1 aliphatic heterocycles. The average Bonchev–Trinajstić information content (AvgIpc) is 2.68. The lowest BCUT2D eigenvalue weighted by atomic mass is 10.0. The van der Waals surface area contributed by atoms with E-state index in [0.29, 0.717) is 12.1 Å². The highest BCUT2D eigenvalue weighted by atomic mass is 16.5. The van der Waals surface area contributed by atoms with Crippen molar-refractivity contribution < 1.29 is 4.74 Å². The van der Waals surface area contributed by atoms with E-state index in [1.165, 1.54) is 5.56 Å². The first-order valence-electron chi connectivity index (χ1n) is 7.92. The predicted molar refractivity (Wildman–Crippen MR) is 83.9 cm³/mol. The first-order valence-corrected chi connectivity index (χ1v) is 7.92. The molecule has 1 aromatic rings. The second-order valence-corrected chi connectivity index (χ2v) is 5.65. The molecule has 0 amide bonds. The lowest BCUT2D eigenvalue weighted by Gasteiger charge is -2.25. The zero-order chi connectivity index (χ0) is 14.2. The Balaban J connectivity index is 1.88. The van der Waals surface area contributed by atoms with Crippen LogP contribution in [0.1, 0.15) is 38.3 Å². The van der Waals surface area contributed by atoms with E-state index in [4.69, 9.17) is 4.74 Å².